The summed E-state index contributed by atoms with van der Waals surface area (Å²) in [6.07, 6.45) is 0.845. The average Bonchev–Trinajstić information content (AvgIpc) is 3.27. The average molecular weight is 417 g/mol. The maximum absolute atomic E-state index is 13.8. The van der Waals surface area contributed by atoms with Gasteiger partial charge in [0.2, 0.25) is 0 Å². The minimum Gasteiger partial charge on any atom is -0.467 e. The van der Waals surface area contributed by atoms with E-state index in [9.17, 15) is 14.4 Å². The van der Waals surface area contributed by atoms with Gasteiger partial charge in [-0.15, -0.1) is 0 Å². The molecule has 2 aromatic carbocycles. The van der Waals surface area contributed by atoms with E-state index in [1.165, 1.54) is 7.11 Å². The Morgan fingerprint density at radius 3 is 2.58 bits per heavy atom. The van der Waals surface area contributed by atoms with Gasteiger partial charge in [-0.1, -0.05) is 48.5 Å². The summed E-state index contributed by atoms with van der Waals surface area (Å²) < 4.78 is 4.99. The summed E-state index contributed by atoms with van der Waals surface area (Å²) in [5.41, 5.74) is 2.37. The predicted octanol–water partition coefficient (Wildman–Crippen LogP) is 2.99. The summed E-state index contributed by atoms with van der Waals surface area (Å²) >= 11 is 0. The second-order valence-electron chi connectivity index (χ2n) is 8.18. The van der Waals surface area contributed by atoms with Crippen LogP contribution in [0.1, 0.15) is 23.7 Å². The summed E-state index contributed by atoms with van der Waals surface area (Å²) in [7, 11) is 1.27. The Hall–Kier alpha value is -3.61. The predicted molar refractivity (Wildman–Crippen MR) is 114 cm³/mol. The third-order valence-electron chi connectivity index (χ3n) is 6.55. The third kappa shape index (κ3) is 2.69. The molecule has 7 heteroatoms. The van der Waals surface area contributed by atoms with Gasteiger partial charge in [0.15, 0.2) is 5.54 Å². The number of nitrogens with zero attached hydrogens (tertiary/aromatic N) is 2. The molecule has 2 aliphatic heterocycles. The Balaban J connectivity index is 1.60. The highest BCUT2D eigenvalue weighted by Gasteiger charge is 2.60. The number of carbonyl (C=O) groups excluding carboxylic acids is 3. The first-order valence-electron chi connectivity index (χ1n) is 10.3. The highest BCUT2D eigenvalue weighted by Crippen LogP contribution is 2.44. The van der Waals surface area contributed by atoms with Gasteiger partial charge in [0.1, 0.15) is 6.04 Å². The molecule has 3 amide bonds. The summed E-state index contributed by atoms with van der Waals surface area (Å²) in [6, 6.07) is 15.7. The Morgan fingerprint density at radius 1 is 1.13 bits per heavy atom. The zero-order chi connectivity index (χ0) is 21.8. The number of ether oxygens (including phenoxy) is 1. The zero-order valence-corrected chi connectivity index (χ0v) is 17.4. The number of aromatic amines is 1. The topological polar surface area (TPSA) is 82.7 Å². The van der Waals surface area contributed by atoms with Crippen molar-refractivity contribution in [2.24, 2.45) is 0 Å². The quantitative estimate of drug-likeness (QED) is 0.523. The SMILES string of the molecule is COC(=O)C(Cc1ccccc1)N1C(=O)N2CCc3c([nH]c4ccccc34)C2(C)C1=O. The van der Waals surface area contributed by atoms with Crippen molar-refractivity contribution < 1.29 is 19.1 Å². The van der Waals surface area contributed by atoms with Gasteiger partial charge in [0, 0.05) is 23.9 Å². The number of hydrogen-bond acceptors (Lipinski definition) is 4. The Morgan fingerprint density at radius 2 is 1.84 bits per heavy atom. The number of carbonyl (C=O) groups is 3. The molecule has 7 nitrogen and oxygen atoms in total. The van der Waals surface area contributed by atoms with Gasteiger partial charge in [-0.25, -0.2) is 14.5 Å². The number of nitrogens with one attached hydrogen (secondary N) is 1. The van der Waals surface area contributed by atoms with Crippen molar-refractivity contribution in [3.8, 4) is 0 Å². The fraction of sp³-hybridized carbons (Fsp3) is 0.292. The lowest BCUT2D eigenvalue weighted by atomic mass is 9.87. The van der Waals surface area contributed by atoms with Gasteiger partial charge in [-0.05, 0) is 30.5 Å². The van der Waals surface area contributed by atoms with Crippen LogP contribution in [0.2, 0.25) is 0 Å². The van der Waals surface area contributed by atoms with Crippen LogP contribution in [0, 0.1) is 0 Å². The molecule has 2 aliphatic rings. The molecule has 1 fully saturated rings. The number of esters is 1. The van der Waals surface area contributed by atoms with Crippen LogP contribution >= 0.6 is 0 Å². The molecular weight excluding hydrogens is 394 g/mol. The van der Waals surface area contributed by atoms with Crippen LogP contribution in [0.5, 0.6) is 0 Å². The van der Waals surface area contributed by atoms with Crippen molar-refractivity contribution in [2.45, 2.75) is 31.3 Å². The Bertz CT molecular complexity index is 1200. The highest BCUT2D eigenvalue weighted by molar-refractivity contribution is 6.10. The number of H-pyrrole nitrogens is 1. The molecule has 1 N–H and O–H groups in total. The molecule has 3 heterocycles. The largest absolute Gasteiger partial charge is 0.467 e. The van der Waals surface area contributed by atoms with E-state index >= 15 is 0 Å². The van der Waals surface area contributed by atoms with E-state index in [0.717, 1.165) is 32.6 Å². The molecule has 0 spiro atoms. The van der Waals surface area contributed by atoms with Gasteiger partial charge in [0.25, 0.3) is 5.91 Å². The van der Waals surface area contributed by atoms with Gasteiger partial charge < -0.3 is 14.6 Å². The summed E-state index contributed by atoms with van der Waals surface area (Å²) in [6.45, 7) is 2.17. The molecule has 0 aliphatic carbocycles. The number of fused-ring (bicyclic) bond motifs is 5. The standard InChI is InChI=1S/C24H23N3O4/c1-24-20-17(16-10-6-7-11-18(16)25-20)12-13-26(24)23(30)27(22(24)29)19(21(28)31-2)14-15-8-4-3-5-9-15/h3-11,19,25H,12-14H2,1-2H3. The number of benzene rings is 2. The smallest absolute Gasteiger partial charge is 0.329 e. The molecule has 3 aromatic rings. The molecule has 2 unspecified atom stereocenters. The van der Waals surface area contributed by atoms with Gasteiger partial charge in [-0.2, -0.15) is 0 Å². The van der Waals surface area contributed by atoms with Crippen LogP contribution in [0.15, 0.2) is 54.6 Å². The molecule has 0 bridgehead atoms. The number of para-hydroxylation sites is 1. The van der Waals surface area contributed by atoms with Crippen LogP contribution in [0.25, 0.3) is 10.9 Å². The lowest BCUT2D eigenvalue weighted by Gasteiger charge is -2.36. The van der Waals surface area contributed by atoms with Crippen LogP contribution in [-0.2, 0) is 32.7 Å². The van der Waals surface area contributed by atoms with Crippen molar-refractivity contribution >= 4 is 28.8 Å². The van der Waals surface area contributed by atoms with Crippen molar-refractivity contribution in [1.29, 1.82) is 0 Å². The fourth-order valence-electron chi connectivity index (χ4n) is 4.95. The molecule has 1 saturated heterocycles. The molecule has 31 heavy (non-hydrogen) atoms. The Labute approximate surface area is 179 Å². The summed E-state index contributed by atoms with van der Waals surface area (Å²) in [5.74, 6) is -1.01. The minimum absolute atomic E-state index is 0.203. The number of urea groups is 1. The van der Waals surface area contributed by atoms with Crippen LogP contribution in [0.3, 0.4) is 0 Å². The van der Waals surface area contributed by atoms with E-state index in [1.54, 1.807) is 11.8 Å². The van der Waals surface area contributed by atoms with Crippen LogP contribution in [0.4, 0.5) is 4.79 Å². The fourth-order valence-corrected chi connectivity index (χ4v) is 4.95. The van der Waals surface area contributed by atoms with Crippen LogP contribution in [-0.4, -0.2) is 52.4 Å². The second kappa shape index (κ2) is 6.97. The van der Waals surface area contributed by atoms with E-state index < -0.39 is 29.5 Å². The maximum Gasteiger partial charge on any atom is 0.329 e. The normalized spacial score (nSPS) is 21.2. The molecule has 158 valence electrons. The number of rotatable bonds is 4. The number of methoxy groups -OCH3 is 1. The van der Waals surface area contributed by atoms with Gasteiger partial charge in [-0.3, -0.25) is 4.79 Å². The molecule has 0 radical (unpaired) electrons. The van der Waals surface area contributed by atoms with E-state index in [0.29, 0.717) is 13.0 Å². The van der Waals surface area contributed by atoms with E-state index in [-0.39, 0.29) is 6.42 Å². The first-order valence-corrected chi connectivity index (χ1v) is 10.3. The van der Waals surface area contributed by atoms with Crippen LogP contribution < -0.4 is 0 Å². The number of aromatic nitrogens is 1. The second-order valence-corrected chi connectivity index (χ2v) is 8.18. The van der Waals surface area contributed by atoms with Gasteiger partial charge in [0.05, 0.1) is 12.8 Å². The first kappa shape index (κ1) is 19.4. The monoisotopic (exact) mass is 417 g/mol. The lowest BCUT2D eigenvalue weighted by Crippen LogP contribution is -2.49. The molecule has 5 rings (SSSR count). The summed E-state index contributed by atoms with van der Waals surface area (Å²) in [5, 5.41) is 1.06. The maximum atomic E-state index is 13.8. The molecule has 2 atom stereocenters. The lowest BCUT2D eigenvalue weighted by molar-refractivity contribution is -0.150. The number of amides is 3. The third-order valence-corrected chi connectivity index (χ3v) is 6.55. The molecular formula is C24H23N3O4. The first-order chi connectivity index (χ1) is 15.0. The van der Waals surface area contributed by atoms with E-state index in [2.05, 4.69) is 4.98 Å². The minimum atomic E-state index is -1.19. The van der Waals surface area contributed by atoms with Crippen molar-refractivity contribution in [3.05, 3.63) is 71.4 Å². The zero-order valence-electron chi connectivity index (χ0n) is 17.4. The van der Waals surface area contributed by atoms with E-state index in [4.69, 9.17) is 4.74 Å². The van der Waals surface area contributed by atoms with Crippen molar-refractivity contribution in [3.63, 3.8) is 0 Å². The van der Waals surface area contributed by atoms with Gasteiger partial charge >= 0.3 is 12.0 Å². The van der Waals surface area contributed by atoms with Crippen molar-refractivity contribution in [1.82, 2.24) is 14.8 Å². The number of imide groups is 1. The van der Waals surface area contributed by atoms with Crippen molar-refractivity contribution in [2.75, 3.05) is 13.7 Å². The molecule has 0 saturated carbocycles. The highest BCUT2D eigenvalue weighted by atomic mass is 16.5. The molecule has 1 aromatic heterocycles. The number of hydrogen-bond donors (Lipinski definition) is 1. The Kier molecular flexibility index (Phi) is 4.36. The summed E-state index contributed by atoms with van der Waals surface area (Å²) in [4.78, 5) is 46.0. The van der Waals surface area contributed by atoms with E-state index in [1.807, 2.05) is 54.6 Å².